The third-order valence-corrected chi connectivity index (χ3v) is 8.52. The number of anilines is 1. The maximum atomic E-state index is 11.0. The molecule has 0 N–H and O–H groups in total. The van der Waals surface area contributed by atoms with E-state index in [1.807, 2.05) is 36.1 Å². The van der Waals surface area contributed by atoms with Crippen molar-refractivity contribution in [3.8, 4) is 0 Å². The quantitative estimate of drug-likeness (QED) is 0.236. The number of nitrogens with zero attached hydrogens (tertiary/aromatic N) is 3. The predicted octanol–water partition coefficient (Wildman–Crippen LogP) is 2.12. The van der Waals surface area contributed by atoms with Gasteiger partial charge in [0.1, 0.15) is 0 Å². The van der Waals surface area contributed by atoms with Crippen molar-refractivity contribution in [3.05, 3.63) is 36.8 Å². The van der Waals surface area contributed by atoms with E-state index in [1.54, 1.807) is 4.68 Å². The highest BCUT2D eigenvalue weighted by Crippen LogP contribution is 2.47. The summed E-state index contributed by atoms with van der Waals surface area (Å²) >= 11 is 5.17. The minimum atomic E-state index is -4.29. The summed E-state index contributed by atoms with van der Waals surface area (Å²) in [5.41, 5.74) is 0.941. The van der Waals surface area contributed by atoms with Crippen LogP contribution in [0.4, 0.5) is 5.69 Å². The number of hydrogen-bond acceptors (Lipinski definition) is 10. The summed E-state index contributed by atoms with van der Waals surface area (Å²) in [6.07, 6.45) is 2.27. The van der Waals surface area contributed by atoms with Crippen LogP contribution in [0.5, 0.6) is 0 Å². The third-order valence-electron chi connectivity index (χ3n) is 4.25. The lowest BCUT2D eigenvalue weighted by Gasteiger charge is -2.20. The third kappa shape index (κ3) is 7.36. The molecule has 1 aliphatic heterocycles. The van der Waals surface area contributed by atoms with Gasteiger partial charge in [0.25, 0.3) is 5.01 Å². The summed E-state index contributed by atoms with van der Waals surface area (Å²) in [4.78, 5) is 3.00. The molecule has 170 valence electrons. The van der Waals surface area contributed by atoms with Gasteiger partial charge < -0.3 is 14.0 Å². The molecule has 0 saturated carbocycles. The molecule has 9 nitrogen and oxygen atoms in total. The Balaban J connectivity index is 1.87. The summed E-state index contributed by atoms with van der Waals surface area (Å²) < 4.78 is 68.4. The van der Waals surface area contributed by atoms with Crippen molar-refractivity contribution >= 4 is 77.7 Å². The first-order valence-electron chi connectivity index (χ1n) is 9.13. The summed E-state index contributed by atoms with van der Waals surface area (Å²) in [6, 6.07) is 5.97. The SMILES string of the molecule is Cc1n[n+](CCCS(=O)(=O)[O-])c(/C=C2\Sc3ccc(I)cc3N2CCCS(=O)(=O)[O-])s1. The van der Waals surface area contributed by atoms with E-state index in [9.17, 15) is 25.9 Å². The molecule has 2 heterocycles. The van der Waals surface area contributed by atoms with Gasteiger partial charge >= 0.3 is 0 Å². The lowest BCUT2D eigenvalue weighted by Crippen LogP contribution is -2.39. The van der Waals surface area contributed by atoms with Crippen LogP contribution in [0.25, 0.3) is 6.08 Å². The maximum Gasteiger partial charge on any atom is 0.291 e. The number of rotatable bonds is 9. The Morgan fingerprint density at radius 2 is 1.84 bits per heavy atom. The number of halogens is 1. The summed E-state index contributed by atoms with van der Waals surface area (Å²) in [6.45, 7) is 2.48. The van der Waals surface area contributed by atoms with Gasteiger partial charge in [-0.05, 0) is 65.5 Å². The van der Waals surface area contributed by atoms with Gasteiger partial charge in [0.2, 0.25) is 0 Å². The molecule has 0 spiro atoms. The Labute approximate surface area is 203 Å². The minimum absolute atomic E-state index is 0.159. The van der Waals surface area contributed by atoms with Gasteiger partial charge in [-0.3, -0.25) is 0 Å². The Hall–Kier alpha value is -0.780. The number of aryl methyl sites for hydroxylation is 2. The number of thioether (sulfide) groups is 1. The zero-order chi connectivity index (χ0) is 22.8. The Morgan fingerprint density at radius 1 is 1.16 bits per heavy atom. The molecule has 0 amide bonds. The van der Waals surface area contributed by atoms with Gasteiger partial charge in [0.05, 0.1) is 37.0 Å². The normalized spacial score (nSPS) is 15.6. The fourth-order valence-corrected chi connectivity index (χ4v) is 6.49. The van der Waals surface area contributed by atoms with Crippen molar-refractivity contribution in [3.63, 3.8) is 0 Å². The maximum absolute atomic E-state index is 11.0. The molecule has 1 aromatic heterocycles. The topological polar surface area (TPSA) is 134 Å². The molecule has 0 bridgehead atoms. The highest BCUT2D eigenvalue weighted by Gasteiger charge is 2.27. The molecule has 3 rings (SSSR count). The molecule has 31 heavy (non-hydrogen) atoms. The molecule has 0 aliphatic carbocycles. The fourth-order valence-electron chi connectivity index (χ4n) is 3.02. The van der Waals surface area contributed by atoms with E-state index in [1.165, 1.54) is 23.1 Å². The van der Waals surface area contributed by atoms with E-state index in [4.69, 9.17) is 0 Å². The van der Waals surface area contributed by atoms with Gasteiger partial charge in [0.15, 0.2) is 11.6 Å². The van der Waals surface area contributed by atoms with Gasteiger partial charge in [0, 0.05) is 38.0 Å². The van der Waals surface area contributed by atoms with E-state index >= 15 is 0 Å². The van der Waals surface area contributed by atoms with Crippen LogP contribution >= 0.6 is 45.7 Å². The smallest absolute Gasteiger partial charge is 0.291 e. The standard InChI is InChI=1S/C17H20IN3O6S4/c1-12-19-21(7-3-9-31(25,26)27)17(28-12)11-16-20(6-2-8-30(22,23)24)14-10-13(18)4-5-15(14)29-16/h4-5,10-11H,2-3,6-9H2,1H3,(H-,22,23,24,25,26,27)/p-1. The van der Waals surface area contributed by atoms with Crippen LogP contribution in [0, 0.1) is 10.5 Å². The number of aromatic nitrogens is 2. The van der Waals surface area contributed by atoms with Crippen molar-refractivity contribution in [2.45, 2.75) is 31.2 Å². The van der Waals surface area contributed by atoms with Gasteiger partial charge in [-0.25, -0.2) is 16.8 Å². The van der Waals surface area contributed by atoms with E-state index in [-0.39, 0.29) is 19.4 Å². The van der Waals surface area contributed by atoms with Gasteiger partial charge in [-0.1, -0.05) is 16.4 Å². The molecule has 0 fully saturated rings. The summed E-state index contributed by atoms with van der Waals surface area (Å²) in [5.74, 6) is -0.898. The van der Waals surface area contributed by atoms with Crippen LogP contribution in [0.1, 0.15) is 22.9 Å². The van der Waals surface area contributed by atoms with Crippen LogP contribution in [0.15, 0.2) is 28.1 Å². The highest BCUT2D eigenvalue weighted by atomic mass is 127. The first-order valence-corrected chi connectivity index (χ1v) is 15.0. The largest absolute Gasteiger partial charge is 0.748 e. The van der Waals surface area contributed by atoms with E-state index in [2.05, 4.69) is 27.7 Å². The van der Waals surface area contributed by atoms with Crippen molar-refractivity contribution < 1.29 is 30.6 Å². The second kappa shape index (κ2) is 10.0. The molecule has 1 aliphatic rings. The Bertz CT molecular complexity index is 1210. The first kappa shape index (κ1) is 24.9. The van der Waals surface area contributed by atoms with Crippen molar-refractivity contribution in [1.82, 2.24) is 5.10 Å². The highest BCUT2D eigenvalue weighted by molar-refractivity contribution is 14.1. The first-order chi connectivity index (χ1) is 14.4. The molecular formula is C17H19IN3O6S4-. The Kier molecular flexibility index (Phi) is 8.02. The lowest BCUT2D eigenvalue weighted by atomic mass is 10.3. The average molecular weight is 617 g/mol. The van der Waals surface area contributed by atoms with E-state index in [0.29, 0.717) is 6.54 Å². The average Bonchev–Trinajstić information content (AvgIpc) is 3.13. The Morgan fingerprint density at radius 3 is 2.52 bits per heavy atom. The molecule has 0 radical (unpaired) electrons. The predicted molar refractivity (Wildman–Crippen MR) is 126 cm³/mol. The minimum Gasteiger partial charge on any atom is -0.748 e. The van der Waals surface area contributed by atoms with Crippen LogP contribution in [-0.4, -0.2) is 49.1 Å². The van der Waals surface area contributed by atoms with Crippen LogP contribution in [0.3, 0.4) is 0 Å². The molecule has 14 heteroatoms. The summed E-state index contributed by atoms with van der Waals surface area (Å²) in [7, 11) is -8.58. The molecule has 0 atom stereocenters. The zero-order valence-electron chi connectivity index (χ0n) is 16.4. The molecule has 0 unspecified atom stereocenters. The second-order valence-electron chi connectivity index (χ2n) is 6.76. The molecule has 1 aromatic carbocycles. The van der Waals surface area contributed by atoms with Crippen LogP contribution < -0.4 is 9.58 Å². The summed E-state index contributed by atoms with van der Waals surface area (Å²) in [5, 5.41) is 6.83. The molecule has 0 saturated heterocycles. The van der Waals surface area contributed by atoms with Crippen molar-refractivity contribution in [2.24, 2.45) is 0 Å². The number of benzene rings is 1. The molecule has 2 aromatic rings. The van der Waals surface area contributed by atoms with E-state index < -0.39 is 31.7 Å². The lowest BCUT2D eigenvalue weighted by molar-refractivity contribution is -0.750. The number of hydrogen-bond donors (Lipinski definition) is 0. The molecular weight excluding hydrogens is 597 g/mol. The van der Waals surface area contributed by atoms with Crippen LogP contribution in [-0.2, 0) is 26.8 Å². The van der Waals surface area contributed by atoms with Gasteiger partial charge in [-0.2, -0.15) is 0 Å². The van der Waals surface area contributed by atoms with Gasteiger partial charge in [-0.15, -0.1) is 0 Å². The van der Waals surface area contributed by atoms with E-state index in [0.717, 1.165) is 29.2 Å². The number of fused-ring (bicyclic) bond motifs is 1. The monoisotopic (exact) mass is 616 g/mol. The van der Waals surface area contributed by atoms with Crippen molar-refractivity contribution in [2.75, 3.05) is 23.0 Å². The van der Waals surface area contributed by atoms with Crippen molar-refractivity contribution in [1.29, 1.82) is 0 Å². The van der Waals surface area contributed by atoms with Crippen LogP contribution in [0.2, 0.25) is 0 Å². The zero-order valence-corrected chi connectivity index (χ0v) is 21.8. The fraction of sp³-hybridized carbons (Fsp3) is 0.412. The second-order valence-corrected chi connectivity index (χ2v) is 13.3.